The minimum atomic E-state index is -0.667. The van der Waals surface area contributed by atoms with Crippen LogP contribution in [0.15, 0.2) is 18.2 Å². The number of methoxy groups -OCH3 is 1. The Morgan fingerprint density at radius 1 is 1.60 bits per heavy atom. The van der Waals surface area contributed by atoms with Crippen LogP contribution in [0.5, 0.6) is 5.75 Å². The first-order valence-corrected chi connectivity index (χ1v) is 5.02. The molecule has 1 aromatic rings. The molecule has 0 fully saturated rings. The minimum Gasteiger partial charge on any atom is -0.495 e. The maximum Gasteiger partial charge on any atom is 0.142 e. The number of ether oxygens (including phenoxy) is 1. The molecule has 0 saturated heterocycles. The van der Waals surface area contributed by atoms with Gasteiger partial charge in [-0.15, -0.1) is 11.6 Å². The molecule has 0 aromatic heterocycles. The summed E-state index contributed by atoms with van der Waals surface area (Å²) in [6, 6.07) is 4.13. The van der Waals surface area contributed by atoms with Crippen LogP contribution in [0.1, 0.15) is 0 Å². The Kier molecular flexibility index (Phi) is 4.65. The van der Waals surface area contributed by atoms with E-state index >= 15 is 0 Å². The van der Waals surface area contributed by atoms with Gasteiger partial charge in [-0.3, -0.25) is 0 Å². The van der Waals surface area contributed by atoms with Gasteiger partial charge in [0.25, 0.3) is 0 Å². The third-order valence-electron chi connectivity index (χ3n) is 1.87. The van der Waals surface area contributed by atoms with Crippen molar-refractivity contribution in [3.8, 4) is 5.75 Å². The molecule has 0 amide bonds. The standard InChI is InChI=1S/C10H13ClFNO2/c1-15-10-3-2-7(12)4-9(10)13-6-8(14)5-11/h2-4,8,13-14H,5-6H2,1H3. The van der Waals surface area contributed by atoms with Crippen molar-refractivity contribution in [2.24, 2.45) is 0 Å². The van der Waals surface area contributed by atoms with E-state index in [0.29, 0.717) is 11.4 Å². The van der Waals surface area contributed by atoms with Gasteiger partial charge in [0.05, 0.1) is 24.8 Å². The van der Waals surface area contributed by atoms with Gasteiger partial charge in [0.1, 0.15) is 11.6 Å². The highest BCUT2D eigenvalue weighted by atomic mass is 35.5. The monoisotopic (exact) mass is 233 g/mol. The summed E-state index contributed by atoms with van der Waals surface area (Å²) in [5, 5.41) is 12.1. The lowest BCUT2D eigenvalue weighted by atomic mass is 10.2. The lowest BCUT2D eigenvalue weighted by molar-refractivity contribution is 0.211. The van der Waals surface area contributed by atoms with Gasteiger partial charge in [0.15, 0.2) is 0 Å². The Balaban J connectivity index is 2.69. The van der Waals surface area contributed by atoms with Gasteiger partial charge in [-0.2, -0.15) is 0 Å². The minimum absolute atomic E-state index is 0.130. The summed E-state index contributed by atoms with van der Waals surface area (Å²) in [7, 11) is 1.50. The van der Waals surface area contributed by atoms with Crippen molar-refractivity contribution in [1.29, 1.82) is 0 Å². The number of anilines is 1. The lowest BCUT2D eigenvalue weighted by Gasteiger charge is -2.13. The summed E-state index contributed by atoms with van der Waals surface area (Å²) in [5.74, 6) is 0.293. The molecule has 84 valence electrons. The topological polar surface area (TPSA) is 41.5 Å². The quantitative estimate of drug-likeness (QED) is 0.763. The van der Waals surface area contributed by atoms with E-state index in [4.69, 9.17) is 16.3 Å². The van der Waals surface area contributed by atoms with Crippen LogP contribution in [0.4, 0.5) is 10.1 Å². The third kappa shape index (κ3) is 3.57. The van der Waals surface area contributed by atoms with E-state index in [-0.39, 0.29) is 18.2 Å². The van der Waals surface area contributed by atoms with E-state index < -0.39 is 6.10 Å². The molecule has 0 aliphatic rings. The number of rotatable bonds is 5. The highest BCUT2D eigenvalue weighted by Crippen LogP contribution is 2.24. The maximum absolute atomic E-state index is 12.9. The van der Waals surface area contributed by atoms with E-state index in [9.17, 15) is 9.50 Å². The molecule has 0 aliphatic carbocycles. The molecule has 1 atom stereocenters. The summed E-state index contributed by atoms with van der Waals surface area (Å²) >= 11 is 5.43. The summed E-state index contributed by atoms with van der Waals surface area (Å²) in [5.41, 5.74) is 0.502. The average molecular weight is 234 g/mol. The highest BCUT2D eigenvalue weighted by molar-refractivity contribution is 6.18. The van der Waals surface area contributed by atoms with E-state index in [2.05, 4.69) is 5.32 Å². The third-order valence-corrected chi connectivity index (χ3v) is 2.22. The molecule has 1 rings (SSSR count). The maximum atomic E-state index is 12.9. The van der Waals surface area contributed by atoms with E-state index in [1.54, 1.807) is 0 Å². The van der Waals surface area contributed by atoms with Crippen molar-refractivity contribution in [3.05, 3.63) is 24.0 Å². The van der Waals surface area contributed by atoms with Crippen LogP contribution in [0, 0.1) is 5.82 Å². The molecular weight excluding hydrogens is 221 g/mol. The lowest BCUT2D eigenvalue weighted by Crippen LogP contribution is -2.21. The van der Waals surface area contributed by atoms with Gasteiger partial charge in [-0.25, -0.2) is 4.39 Å². The zero-order valence-electron chi connectivity index (χ0n) is 8.34. The number of aliphatic hydroxyl groups is 1. The Hall–Kier alpha value is -1.00. The van der Waals surface area contributed by atoms with Crippen LogP contribution in [0.2, 0.25) is 0 Å². The van der Waals surface area contributed by atoms with Crippen LogP contribution < -0.4 is 10.1 Å². The number of aliphatic hydroxyl groups excluding tert-OH is 1. The Bertz CT molecular complexity index is 322. The Labute approximate surface area is 92.8 Å². The molecule has 1 unspecified atom stereocenters. The van der Waals surface area contributed by atoms with Gasteiger partial charge in [-0.05, 0) is 12.1 Å². The fourth-order valence-corrected chi connectivity index (χ4v) is 1.21. The molecular formula is C10H13ClFNO2. The number of hydrogen-bond acceptors (Lipinski definition) is 3. The zero-order valence-corrected chi connectivity index (χ0v) is 9.09. The van der Waals surface area contributed by atoms with Crippen molar-refractivity contribution >= 4 is 17.3 Å². The molecule has 0 heterocycles. The molecule has 0 saturated carbocycles. The molecule has 0 bridgehead atoms. The second-order valence-electron chi connectivity index (χ2n) is 3.03. The highest BCUT2D eigenvalue weighted by Gasteiger charge is 2.06. The van der Waals surface area contributed by atoms with Crippen molar-refractivity contribution in [3.63, 3.8) is 0 Å². The van der Waals surface area contributed by atoms with Gasteiger partial charge in [0, 0.05) is 12.6 Å². The first kappa shape index (κ1) is 12.1. The molecule has 0 aliphatic heterocycles. The van der Waals surface area contributed by atoms with Crippen LogP contribution in [0.3, 0.4) is 0 Å². The molecule has 0 spiro atoms. The summed E-state index contributed by atoms with van der Waals surface area (Å²) in [6.07, 6.45) is -0.667. The zero-order chi connectivity index (χ0) is 11.3. The predicted octanol–water partition coefficient (Wildman–Crippen LogP) is 1.85. The smallest absolute Gasteiger partial charge is 0.142 e. The normalized spacial score (nSPS) is 12.3. The SMILES string of the molecule is COc1ccc(F)cc1NCC(O)CCl. The van der Waals surface area contributed by atoms with Crippen LogP contribution >= 0.6 is 11.6 Å². The van der Waals surface area contributed by atoms with Crippen molar-refractivity contribution in [2.45, 2.75) is 6.10 Å². The number of alkyl halides is 1. The molecule has 0 radical (unpaired) electrons. The molecule has 15 heavy (non-hydrogen) atoms. The van der Waals surface area contributed by atoms with Crippen LogP contribution in [-0.4, -0.2) is 30.7 Å². The fourth-order valence-electron chi connectivity index (χ4n) is 1.10. The van der Waals surface area contributed by atoms with E-state index in [0.717, 1.165) is 0 Å². The van der Waals surface area contributed by atoms with Crippen LogP contribution in [-0.2, 0) is 0 Å². The number of halogens is 2. The van der Waals surface area contributed by atoms with Crippen molar-refractivity contribution in [2.75, 3.05) is 24.9 Å². The summed E-state index contributed by atoms with van der Waals surface area (Å²) in [6.45, 7) is 0.253. The second-order valence-corrected chi connectivity index (χ2v) is 3.34. The van der Waals surface area contributed by atoms with Gasteiger partial charge >= 0.3 is 0 Å². The second kappa shape index (κ2) is 5.78. The fraction of sp³-hybridized carbons (Fsp3) is 0.400. The first-order chi connectivity index (χ1) is 7.17. The molecule has 1 aromatic carbocycles. The van der Waals surface area contributed by atoms with Gasteiger partial charge in [0.2, 0.25) is 0 Å². The van der Waals surface area contributed by atoms with Gasteiger partial charge < -0.3 is 15.2 Å². The van der Waals surface area contributed by atoms with Crippen molar-refractivity contribution < 1.29 is 14.2 Å². The largest absolute Gasteiger partial charge is 0.495 e. The Morgan fingerprint density at radius 2 is 2.33 bits per heavy atom. The number of hydrogen-bond donors (Lipinski definition) is 2. The molecule has 3 nitrogen and oxygen atoms in total. The number of nitrogens with one attached hydrogen (secondary N) is 1. The van der Waals surface area contributed by atoms with Crippen molar-refractivity contribution in [1.82, 2.24) is 0 Å². The summed E-state index contributed by atoms with van der Waals surface area (Å²) < 4.78 is 17.9. The molecule has 5 heteroatoms. The Morgan fingerprint density at radius 3 is 2.93 bits per heavy atom. The van der Waals surface area contributed by atoms with Crippen LogP contribution in [0.25, 0.3) is 0 Å². The van der Waals surface area contributed by atoms with E-state index in [1.165, 1.54) is 25.3 Å². The van der Waals surface area contributed by atoms with E-state index in [1.807, 2.05) is 0 Å². The average Bonchev–Trinajstić information content (AvgIpc) is 2.26. The van der Waals surface area contributed by atoms with Gasteiger partial charge in [-0.1, -0.05) is 0 Å². The summed E-state index contributed by atoms with van der Waals surface area (Å²) in [4.78, 5) is 0. The molecule has 2 N–H and O–H groups in total. The predicted molar refractivity (Wildman–Crippen MR) is 58.2 cm³/mol. The first-order valence-electron chi connectivity index (χ1n) is 4.48. The number of benzene rings is 1.